The summed E-state index contributed by atoms with van der Waals surface area (Å²) < 4.78 is 34.0. The van der Waals surface area contributed by atoms with Crippen molar-refractivity contribution in [2.45, 2.75) is 245 Å². The van der Waals surface area contributed by atoms with E-state index in [-0.39, 0.29) is 32.0 Å². The predicted octanol–water partition coefficient (Wildman–Crippen LogP) is 13.9. The maximum absolute atomic E-state index is 12.7. The van der Waals surface area contributed by atoms with E-state index < -0.39 is 26.5 Å². The van der Waals surface area contributed by atoms with Crippen molar-refractivity contribution in [2.24, 2.45) is 0 Å². The quantitative estimate of drug-likeness (QED) is 0.0196. The van der Waals surface area contributed by atoms with Gasteiger partial charge in [-0.05, 0) is 38.5 Å². The summed E-state index contributed by atoms with van der Waals surface area (Å²) in [7, 11) is 1.18. The first kappa shape index (κ1) is 57.8. The van der Waals surface area contributed by atoms with Crippen molar-refractivity contribution in [1.29, 1.82) is 0 Å². The summed E-state index contributed by atoms with van der Waals surface area (Å²) in [5, 5.41) is 0. The number of nitrogens with zero attached hydrogens (tertiary/aromatic N) is 1. The largest absolute Gasteiger partial charge is 0.756 e. The van der Waals surface area contributed by atoms with Gasteiger partial charge in [-0.1, -0.05) is 199 Å². The topological polar surface area (TPSA) is 111 Å². The van der Waals surface area contributed by atoms with Crippen LogP contribution in [0.4, 0.5) is 0 Å². The molecule has 9 nitrogen and oxygen atoms in total. The minimum Gasteiger partial charge on any atom is -0.756 e. The molecule has 0 radical (unpaired) electrons. The number of ether oxygens (including phenoxy) is 2. The van der Waals surface area contributed by atoms with E-state index in [0.717, 1.165) is 44.9 Å². The number of hydrogen-bond acceptors (Lipinski definition) is 8. The van der Waals surface area contributed by atoms with E-state index >= 15 is 0 Å². The third kappa shape index (κ3) is 46.1. The minimum absolute atomic E-state index is 0.0283. The zero-order valence-electron chi connectivity index (χ0n) is 39.5. The molecule has 0 heterocycles. The van der Waals surface area contributed by atoms with E-state index in [1.165, 1.54) is 161 Å². The molecule has 1 unspecified atom stereocenters. The van der Waals surface area contributed by atoms with Gasteiger partial charge >= 0.3 is 11.9 Å². The Balaban J connectivity index is 4.25. The van der Waals surface area contributed by atoms with Crippen LogP contribution in [0.2, 0.25) is 0 Å². The molecule has 2 atom stereocenters. The van der Waals surface area contributed by atoms with Crippen molar-refractivity contribution < 1.29 is 42.1 Å². The molecular weight excluding hydrogens is 762 g/mol. The summed E-state index contributed by atoms with van der Waals surface area (Å²) in [5.41, 5.74) is 0. The molecule has 0 rings (SSSR count). The lowest BCUT2D eigenvalue weighted by atomic mass is 10.0. The number of esters is 2. The Morgan fingerprint density at radius 1 is 0.508 bits per heavy atom. The molecule has 10 heteroatoms. The van der Waals surface area contributed by atoms with E-state index in [9.17, 15) is 19.0 Å². The predicted molar refractivity (Wildman–Crippen MR) is 245 cm³/mol. The van der Waals surface area contributed by atoms with Crippen LogP contribution in [-0.2, 0) is 32.7 Å². The molecule has 0 saturated heterocycles. The smallest absolute Gasteiger partial charge is 0.306 e. The SMILES string of the molecule is CCCCCCCC/C=C\CCCCCCCCCC(=O)O[C@H](COC(=O)CCCCCCCCCCCCCCCCCCCC)COP(=O)([O-])OCC[N+](C)(C)C. The number of allylic oxidation sites excluding steroid dienone is 2. The van der Waals surface area contributed by atoms with E-state index in [1.807, 2.05) is 21.1 Å². The molecule has 0 spiro atoms. The summed E-state index contributed by atoms with van der Waals surface area (Å²) in [6.07, 6.45) is 45.2. The molecule has 0 aliphatic rings. The molecule has 0 amide bonds. The van der Waals surface area contributed by atoms with Gasteiger partial charge in [-0.25, -0.2) is 0 Å². The van der Waals surface area contributed by atoms with Crippen molar-refractivity contribution >= 4 is 19.8 Å². The van der Waals surface area contributed by atoms with Crippen molar-refractivity contribution in [3.8, 4) is 0 Å². The fraction of sp³-hybridized carbons (Fsp3) is 0.918. The Morgan fingerprint density at radius 2 is 0.864 bits per heavy atom. The molecule has 0 N–H and O–H groups in total. The number of quaternary nitrogens is 1. The molecule has 0 bridgehead atoms. The summed E-state index contributed by atoms with van der Waals surface area (Å²) in [4.78, 5) is 37.7. The zero-order valence-corrected chi connectivity index (χ0v) is 40.4. The summed E-state index contributed by atoms with van der Waals surface area (Å²) in [5.74, 6) is -0.825. The molecular formula is C49H96NO8P. The first-order chi connectivity index (χ1) is 28.5. The highest BCUT2D eigenvalue weighted by molar-refractivity contribution is 7.45. The van der Waals surface area contributed by atoms with Crippen LogP contribution in [0.3, 0.4) is 0 Å². The van der Waals surface area contributed by atoms with E-state index in [4.69, 9.17) is 18.5 Å². The Hall–Kier alpha value is -1.25. The van der Waals surface area contributed by atoms with Gasteiger partial charge < -0.3 is 27.9 Å². The molecule has 0 aliphatic heterocycles. The van der Waals surface area contributed by atoms with Crippen LogP contribution in [0, 0.1) is 0 Å². The molecule has 59 heavy (non-hydrogen) atoms. The average molecular weight is 858 g/mol. The summed E-state index contributed by atoms with van der Waals surface area (Å²) in [6, 6.07) is 0. The first-order valence-corrected chi connectivity index (χ1v) is 26.4. The number of hydrogen-bond donors (Lipinski definition) is 0. The van der Waals surface area contributed by atoms with E-state index in [2.05, 4.69) is 26.0 Å². The Bertz CT molecular complexity index is 1020. The Kier molecular flexibility index (Phi) is 41.2. The molecule has 0 aromatic heterocycles. The fourth-order valence-corrected chi connectivity index (χ4v) is 7.85. The van der Waals surface area contributed by atoms with Gasteiger partial charge in [0, 0.05) is 12.8 Å². The number of phosphoric acid groups is 1. The average Bonchev–Trinajstić information content (AvgIpc) is 3.19. The standard InChI is InChI=1S/C49H96NO8P/c1-6-8-10-12-14-16-18-20-22-24-26-27-29-31-33-35-37-39-41-48(51)55-45-47(46-57-59(53,54)56-44-43-50(3,4)5)58-49(52)42-40-38-36-34-32-30-28-25-23-21-19-17-15-13-11-9-7-2/h21,23,47H,6-20,22,24-46H2,1-5H3/b23-21-/t47-/m1/s1. The highest BCUT2D eigenvalue weighted by Crippen LogP contribution is 2.38. The van der Waals surface area contributed by atoms with Gasteiger partial charge in [0.25, 0.3) is 7.82 Å². The normalized spacial score (nSPS) is 13.5. The number of phosphoric ester groups is 1. The number of carbonyl (C=O) groups excluding carboxylic acids is 2. The summed E-state index contributed by atoms with van der Waals surface area (Å²) >= 11 is 0. The van der Waals surface area contributed by atoms with Gasteiger partial charge in [-0.3, -0.25) is 14.2 Å². The molecule has 0 aliphatic carbocycles. The van der Waals surface area contributed by atoms with Crippen LogP contribution in [0.1, 0.15) is 239 Å². The lowest BCUT2D eigenvalue weighted by Gasteiger charge is -2.28. The number of rotatable bonds is 46. The third-order valence-electron chi connectivity index (χ3n) is 11.0. The molecule has 0 aromatic rings. The van der Waals surface area contributed by atoms with Crippen LogP contribution in [0.25, 0.3) is 0 Å². The van der Waals surface area contributed by atoms with Crippen LogP contribution in [0.15, 0.2) is 12.2 Å². The van der Waals surface area contributed by atoms with Gasteiger partial charge in [0.15, 0.2) is 6.10 Å². The molecule has 0 saturated carbocycles. The minimum atomic E-state index is -4.62. The highest BCUT2D eigenvalue weighted by atomic mass is 31.2. The van der Waals surface area contributed by atoms with Crippen molar-refractivity contribution in [1.82, 2.24) is 0 Å². The Labute approximate surface area is 365 Å². The monoisotopic (exact) mass is 858 g/mol. The van der Waals surface area contributed by atoms with E-state index in [1.54, 1.807) is 0 Å². The number of likely N-dealkylation sites (N-methyl/N-ethyl adjacent to an activating group) is 1. The van der Waals surface area contributed by atoms with Gasteiger partial charge in [0.2, 0.25) is 0 Å². The lowest BCUT2D eigenvalue weighted by molar-refractivity contribution is -0.870. The fourth-order valence-electron chi connectivity index (χ4n) is 7.12. The third-order valence-corrected chi connectivity index (χ3v) is 12.0. The van der Waals surface area contributed by atoms with E-state index in [0.29, 0.717) is 17.4 Å². The second kappa shape index (κ2) is 42.1. The molecule has 350 valence electrons. The number of unbranched alkanes of at least 4 members (excludes halogenated alkanes) is 30. The lowest BCUT2D eigenvalue weighted by Crippen LogP contribution is -2.37. The van der Waals surface area contributed by atoms with Crippen LogP contribution in [-0.4, -0.2) is 70.0 Å². The van der Waals surface area contributed by atoms with Crippen molar-refractivity contribution in [3.05, 3.63) is 12.2 Å². The second-order valence-corrected chi connectivity index (χ2v) is 19.6. The van der Waals surface area contributed by atoms with Gasteiger partial charge in [0.05, 0.1) is 27.7 Å². The van der Waals surface area contributed by atoms with Crippen molar-refractivity contribution in [2.75, 3.05) is 47.5 Å². The Morgan fingerprint density at radius 3 is 1.25 bits per heavy atom. The maximum Gasteiger partial charge on any atom is 0.306 e. The van der Waals surface area contributed by atoms with Crippen LogP contribution >= 0.6 is 7.82 Å². The highest BCUT2D eigenvalue weighted by Gasteiger charge is 2.21. The number of carbonyl (C=O) groups is 2. The van der Waals surface area contributed by atoms with Crippen LogP contribution in [0.5, 0.6) is 0 Å². The summed E-state index contributed by atoms with van der Waals surface area (Å²) in [6.45, 7) is 4.26. The molecule has 0 aromatic carbocycles. The molecule has 0 fully saturated rings. The van der Waals surface area contributed by atoms with Crippen LogP contribution < -0.4 is 4.89 Å². The van der Waals surface area contributed by atoms with Gasteiger partial charge in [0.1, 0.15) is 19.8 Å². The second-order valence-electron chi connectivity index (χ2n) is 18.2. The maximum atomic E-state index is 12.7. The first-order valence-electron chi connectivity index (χ1n) is 24.9. The van der Waals surface area contributed by atoms with Gasteiger partial charge in [-0.15, -0.1) is 0 Å². The van der Waals surface area contributed by atoms with Crippen molar-refractivity contribution in [3.63, 3.8) is 0 Å². The van der Waals surface area contributed by atoms with Gasteiger partial charge in [-0.2, -0.15) is 0 Å². The zero-order chi connectivity index (χ0) is 43.6.